The molecule has 0 spiro atoms. The van der Waals surface area contributed by atoms with Crippen molar-refractivity contribution in [1.29, 1.82) is 0 Å². The number of rotatable bonds is 8. The molecule has 0 saturated carbocycles. The van der Waals surface area contributed by atoms with Crippen LogP contribution in [-0.2, 0) is 20.9 Å². The molecular formula is C22H23ClN4O4S. The van der Waals surface area contributed by atoms with Crippen molar-refractivity contribution in [2.24, 2.45) is 4.99 Å². The highest BCUT2D eigenvalue weighted by molar-refractivity contribution is 8.15. The van der Waals surface area contributed by atoms with Gasteiger partial charge in [-0.1, -0.05) is 35.5 Å². The Labute approximate surface area is 195 Å². The first-order chi connectivity index (χ1) is 15.4. The first-order valence-electron chi connectivity index (χ1n) is 10.1. The highest BCUT2D eigenvalue weighted by Gasteiger charge is 2.32. The van der Waals surface area contributed by atoms with E-state index in [4.69, 9.17) is 16.3 Å². The number of carbonyl (C=O) groups is 3. The van der Waals surface area contributed by atoms with Gasteiger partial charge >= 0.3 is 5.97 Å². The summed E-state index contributed by atoms with van der Waals surface area (Å²) in [4.78, 5) is 47.0. The van der Waals surface area contributed by atoms with E-state index in [1.165, 1.54) is 24.0 Å². The van der Waals surface area contributed by atoms with Crippen molar-refractivity contribution in [3.05, 3.63) is 58.9 Å². The Bertz CT molecular complexity index is 1020. The molecule has 2 heterocycles. The third-order valence-electron chi connectivity index (χ3n) is 4.67. The Hall–Kier alpha value is -2.91. The number of esters is 1. The number of aliphatic imine (C=N–C) groups is 1. The molecular weight excluding hydrogens is 452 g/mol. The number of aromatic nitrogens is 1. The van der Waals surface area contributed by atoms with Gasteiger partial charge in [0, 0.05) is 37.0 Å². The standard InChI is InChI=1S/C22H23ClN4O4S/c1-3-27(4-2)22-26-20(29)17(32-22)11-19(28)25-16-7-5-6-15(10-16)21(30)31-13-14-8-9-18(23)24-12-14/h5-10,12,17H,3-4,11,13H2,1-2H3,(H,25,28). The minimum atomic E-state index is -0.549. The van der Waals surface area contributed by atoms with Crippen LogP contribution < -0.4 is 5.32 Å². The number of amidine groups is 1. The molecule has 1 aromatic heterocycles. The number of hydrogen-bond acceptors (Lipinski definition) is 7. The second-order valence-electron chi connectivity index (χ2n) is 6.91. The fraction of sp³-hybridized carbons (Fsp3) is 0.318. The molecule has 0 bridgehead atoms. The zero-order chi connectivity index (χ0) is 23.1. The third-order valence-corrected chi connectivity index (χ3v) is 6.11. The molecule has 0 aliphatic carbocycles. The molecule has 1 aliphatic heterocycles. The number of nitrogens with one attached hydrogen (secondary N) is 1. The van der Waals surface area contributed by atoms with E-state index in [-0.39, 0.29) is 24.8 Å². The van der Waals surface area contributed by atoms with E-state index < -0.39 is 11.2 Å². The predicted octanol–water partition coefficient (Wildman–Crippen LogP) is 3.76. The SMILES string of the molecule is CCN(CC)C1=NC(=O)C(CC(=O)Nc2cccc(C(=O)OCc3ccc(Cl)nc3)c2)S1. The van der Waals surface area contributed by atoms with Crippen molar-refractivity contribution >= 4 is 52.0 Å². The summed E-state index contributed by atoms with van der Waals surface area (Å²) in [7, 11) is 0. The van der Waals surface area contributed by atoms with Crippen LogP contribution in [-0.4, -0.2) is 51.2 Å². The van der Waals surface area contributed by atoms with Gasteiger partial charge in [0.25, 0.3) is 5.91 Å². The summed E-state index contributed by atoms with van der Waals surface area (Å²) in [5, 5.41) is 3.20. The van der Waals surface area contributed by atoms with E-state index in [0.29, 0.717) is 27.1 Å². The van der Waals surface area contributed by atoms with E-state index in [1.807, 2.05) is 18.7 Å². The molecule has 1 unspecified atom stereocenters. The molecule has 0 fully saturated rings. The van der Waals surface area contributed by atoms with Gasteiger partial charge < -0.3 is 15.0 Å². The van der Waals surface area contributed by atoms with Crippen LogP contribution >= 0.6 is 23.4 Å². The van der Waals surface area contributed by atoms with Gasteiger partial charge in [0.05, 0.1) is 5.56 Å². The maximum atomic E-state index is 12.5. The number of nitrogens with zero attached hydrogens (tertiary/aromatic N) is 3. The summed E-state index contributed by atoms with van der Waals surface area (Å²) in [6.07, 6.45) is 1.53. The minimum Gasteiger partial charge on any atom is -0.457 e. The number of hydrogen-bond donors (Lipinski definition) is 1. The Morgan fingerprint density at radius 2 is 2.00 bits per heavy atom. The van der Waals surface area contributed by atoms with Crippen molar-refractivity contribution in [1.82, 2.24) is 9.88 Å². The van der Waals surface area contributed by atoms with Gasteiger partial charge in [-0.25, -0.2) is 9.78 Å². The number of benzene rings is 1. The molecule has 168 valence electrons. The number of halogens is 1. The van der Waals surface area contributed by atoms with Crippen molar-refractivity contribution in [2.75, 3.05) is 18.4 Å². The first-order valence-corrected chi connectivity index (χ1v) is 11.4. The number of carbonyl (C=O) groups excluding carboxylic acids is 3. The summed E-state index contributed by atoms with van der Waals surface area (Å²) in [6.45, 7) is 5.51. The van der Waals surface area contributed by atoms with Crippen molar-refractivity contribution in [3.63, 3.8) is 0 Å². The molecule has 0 radical (unpaired) electrons. The molecule has 2 aromatic rings. The van der Waals surface area contributed by atoms with Crippen LogP contribution in [0.4, 0.5) is 5.69 Å². The van der Waals surface area contributed by atoms with Crippen molar-refractivity contribution in [3.8, 4) is 0 Å². The fourth-order valence-corrected chi connectivity index (χ4v) is 4.27. The van der Waals surface area contributed by atoms with Crippen LogP contribution in [0.25, 0.3) is 0 Å². The lowest BCUT2D eigenvalue weighted by Gasteiger charge is -2.19. The maximum Gasteiger partial charge on any atom is 0.338 e. The van der Waals surface area contributed by atoms with Crippen LogP contribution in [0.2, 0.25) is 5.15 Å². The second-order valence-corrected chi connectivity index (χ2v) is 8.47. The van der Waals surface area contributed by atoms with Crippen LogP contribution in [0.1, 0.15) is 36.2 Å². The summed E-state index contributed by atoms with van der Waals surface area (Å²) >= 11 is 7.05. The van der Waals surface area contributed by atoms with E-state index in [9.17, 15) is 14.4 Å². The number of anilines is 1. The summed E-state index contributed by atoms with van der Waals surface area (Å²) in [5.41, 5.74) is 1.44. The lowest BCUT2D eigenvalue weighted by atomic mass is 10.2. The Balaban J connectivity index is 1.54. The van der Waals surface area contributed by atoms with Crippen molar-refractivity contribution < 1.29 is 19.1 Å². The van der Waals surface area contributed by atoms with E-state index in [2.05, 4.69) is 15.3 Å². The van der Waals surface area contributed by atoms with Gasteiger partial charge in [-0.05, 0) is 38.1 Å². The molecule has 3 rings (SSSR count). The van der Waals surface area contributed by atoms with Gasteiger partial charge in [0.15, 0.2) is 5.17 Å². The Kier molecular flexibility index (Phi) is 8.24. The number of thioether (sulfide) groups is 1. The molecule has 10 heteroatoms. The third kappa shape index (κ3) is 6.30. The quantitative estimate of drug-likeness (QED) is 0.459. The topological polar surface area (TPSA) is 101 Å². The molecule has 2 amide bonds. The van der Waals surface area contributed by atoms with Gasteiger partial charge in [-0.3, -0.25) is 9.59 Å². The van der Waals surface area contributed by atoms with Gasteiger partial charge in [-0.15, -0.1) is 0 Å². The van der Waals surface area contributed by atoms with Crippen LogP contribution in [0.15, 0.2) is 47.6 Å². The van der Waals surface area contributed by atoms with E-state index >= 15 is 0 Å². The lowest BCUT2D eigenvalue weighted by molar-refractivity contribution is -0.121. The fourth-order valence-electron chi connectivity index (χ4n) is 2.97. The van der Waals surface area contributed by atoms with Crippen molar-refractivity contribution in [2.45, 2.75) is 32.1 Å². The highest BCUT2D eigenvalue weighted by atomic mass is 35.5. The van der Waals surface area contributed by atoms with Crippen LogP contribution in [0.3, 0.4) is 0 Å². The average molecular weight is 475 g/mol. The summed E-state index contributed by atoms with van der Waals surface area (Å²) < 4.78 is 5.29. The molecule has 0 saturated heterocycles. The average Bonchev–Trinajstić information content (AvgIpc) is 3.13. The largest absolute Gasteiger partial charge is 0.457 e. The number of ether oxygens (including phenoxy) is 1. The van der Waals surface area contributed by atoms with E-state index in [0.717, 1.165) is 13.1 Å². The summed E-state index contributed by atoms with van der Waals surface area (Å²) in [5.74, 6) is -1.17. The van der Waals surface area contributed by atoms with Crippen LogP contribution in [0, 0.1) is 0 Å². The Morgan fingerprint density at radius 3 is 2.69 bits per heavy atom. The van der Waals surface area contributed by atoms with Crippen LogP contribution in [0.5, 0.6) is 0 Å². The van der Waals surface area contributed by atoms with E-state index in [1.54, 1.807) is 30.3 Å². The molecule has 1 aromatic carbocycles. The zero-order valence-corrected chi connectivity index (χ0v) is 19.3. The predicted molar refractivity (Wildman–Crippen MR) is 125 cm³/mol. The highest BCUT2D eigenvalue weighted by Crippen LogP contribution is 2.27. The Morgan fingerprint density at radius 1 is 1.22 bits per heavy atom. The molecule has 1 aliphatic rings. The number of amides is 2. The lowest BCUT2D eigenvalue weighted by Crippen LogP contribution is -2.27. The zero-order valence-electron chi connectivity index (χ0n) is 17.7. The smallest absolute Gasteiger partial charge is 0.338 e. The molecule has 1 N–H and O–H groups in total. The molecule has 8 nitrogen and oxygen atoms in total. The number of pyridine rings is 1. The minimum absolute atomic E-state index is 0.00396. The normalized spacial score (nSPS) is 15.3. The van der Waals surface area contributed by atoms with Gasteiger partial charge in [0.1, 0.15) is 17.0 Å². The van der Waals surface area contributed by atoms with Gasteiger partial charge in [0.2, 0.25) is 5.91 Å². The maximum absolute atomic E-state index is 12.5. The van der Waals surface area contributed by atoms with Gasteiger partial charge in [-0.2, -0.15) is 4.99 Å². The molecule has 32 heavy (non-hydrogen) atoms. The monoisotopic (exact) mass is 474 g/mol. The first kappa shape index (κ1) is 23.7. The summed E-state index contributed by atoms with van der Waals surface area (Å²) in [6, 6.07) is 9.77. The second kappa shape index (κ2) is 11.1. The molecule has 1 atom stereocenters.